The fraction of sp³-hybridized carbons (Fsp3) is 0.316. The highest BCUT2D eigenvalue weighted by Gasteiger charge is 2.32. The highest BCUT2D eigenvalue weighted by molar-refractivity contribution is 7.89. The van der Waals surface area contributed by atoms with E-state index >= 15 is 0 Å². The second kappa shape index (κ2) is 9.32. The van der Waals surface area contributed by atoms with Crippen LogP contribution in [0.2, 0.25) is 0 Å². The van der Waals surface area contributed by atoms with Crippen LogP contribution >= 0.6 is 0 Å². The molecule has 0 radical (unpaired) electrons. The zero-order valence-corrected chi connectivity index (χ0v) is 16.9. The number of nitrogens with zero attached hydrogens (tertiary/aromatic N) is 4. The van der Waals surface area contributed by atoms with Crippen molar-refractivity contribution in [1.82, 2.24) is 9.29 Å². The van der Waals surface area contributed by atoms with Crippen molar-refractivity contribution in [2.24, 2.45) is 5.16 Å². The molecule has 0 atom stereocenters. The number of hydrogen-bond acceptors (Lipinski definition) is 7. The summed E-state index contributed by atoms with van der Waals surface area (Å²) in [5.41, 5.74) is 1.69. The van der Waals surface area contributed by atoms with Crippen molar-refractivity contribution in [3.8, 4) is 11.8 Å². The first kappa shape index (κ1) is 22.5. The van der Waals surface area contributed by atoms with Crippen LogP contribution in [0.1, 0.15) is 24.1 Å². The number of nitriles is 1. The minimum absolute atomic E-state index is 0.121. The summed E-state index contributed by atoms with van der Waals surface area (Å²) in [6, 6.07) is 9.28. The van der Waals surface area contributed by atoms with Crippen LogP contribution in [0.4, 0.5) is 13.2 Å². The molecule has 164 valence electrons. The van der Waals surface area contributed by atoms with Gasteiger partial charge in [-0.2, -0.15) is 9.57 Å². The molecule has 2 aromatic rings. The molecule has 0 spiro atoms. The first-order valence-electron chi connectivity index (χ1n) is 9.06. The van der Waals surface area contributed by atoms with Crippen LogP contribution in [0.5, 0.6) is 5.75 Å². The molecule has 0 amide bonds. The van der Waals surface area contributed by atoms with Crippen LogP contribution in [0, 0.1) is 11.3 Å². The molecule has 2 heterocycles. The first-order chi connectivity index (χ1) is 14.7. The van der Waals surface area contributed by atoms with Gasteiger partial charge in [-0.1, -0.05) is 5.16 Å². The molecule has 1 aromatic carbocycles. The molecule has 3 rings (SSSR count). The van der Waals surface area contributed by atoms with Crippen molar-refractivity contribution >= 4 is 15.7 Å². The summed E-state index contributed by atoms with van der Waals surface area (Å²) in [5, 5.41) is 12.9. The number of pyridine rings is 1. The predicted octanol–water partition coefficient (Wildman–Crippen LogP) is 3.21. The third-order valence-electron chi connectivity index (χ3n) is 4.36. The van der Waals surface area contributed by atoms with Crippen LogP contribution in [0.3, 0.4) is 0 Å². The standard InChI is InChI=1S/C19H17F3N4O4S/c20-19(21,22)30-17-1-3-18(4-2-17)31(27,28)26-9-6-15(7-10-26)25-29-13-14-5-8-24-16(11-14)12-23/h1-5,8,11H,6-7,9-10,13H2. The first-order valence-corrected chi connectivity index (χ1v) is 10.5. The van der Waals surface area contributed by atoms with Gasteiger partial charge >= 0.3 is 6.36 Å². The molecule has 1 aliphatic heterocycles. The van der Waals surface area contributed by atoms with Gasteiger partial charge in [0, 0.05) is 32.1 Å². The Labute approximate surface area is 176 Å². The Morgan fingerprint density at radius 2 is 1.84 bits per heavy atom. The predicted molar refractivity (Wildman–Crippen MR) is 102 cm³/mol. The number of oxime groups is 1. The number of rotatable bonds is 6. The van der Waals surface area contributed by atoms with Crippen molar-refractivity contribution in [1.29, 1.82) is 5.26 Å². The van der Waals surface area contributed by atoms with E-state index in [2.05, 4.69) is 14.9 Å². The number of benzene rings is 1. The van der Waals surface area contributed by atoms with Gasteiger partial charge in [0.15, 0.2) is 0 Å². The van der Waals surface area contributed by atoms with Gasteiger partial charge < -0.3 is 9.57 Å². The Kier molecular flexibility index (Phi) is 6.77. The molecule has 31 heavy (non-hydrogen) atoms. The number of alkyl halides is 3. The Balaban J connectivity index is 1.55. The van der Waals surface area contributed by atoms with E-state index in [1.807, 2.05) is 6.07 Å². The van der Waals surface area contributed by atoms with Crippen molar-refractivity contribution in [3.63, 3.8) is 0 Å². The Hall–Kier alpha value is -3.17. The Morgan fingerprint density at radius 3 is 2.45 bits per heavy atom. The second-order valence-corrected chi connectivity index (χ2v) is 8.45. The van der Waals surface area contributed by atoms with Gasteiger partial charge in [-0.25, -0.2) is 13.4 Å². The minimum atomic E-state index is -4.85. The number of sulfonamides is 1. The fourth-order valence-electron chi connectivity index (χ4n) is 2.86. The fourth-order valence-corrected chi connectivity index (χ4v) is 4.30. The normalized spacial score (nSPS) is 15.2. The molecular weight excluding hydrogens is 437 g/mol. The molecule has 0 unspecified atom stereocenters. The summed E-state index contributed by atoms with van der Waals surface area (Å²) in [4.78, 5) is 9.03. The Bertz CT molecular complexity index is 1090. The number of ether oxygens (including phenoxy) is 1. The molecule has 8 nitrogen and oxygen atoms in total. The van der Waals surface area contributed by atoms with Gasteiger partial charge in [0.2, 0.25) is 10.0 Å². The molecule has 0 N–H and O–H groups in total. The van der Waals surface area contributed by atoms with E-state index in [4.69, 9.17) is 10.1 Å². The maximum absolute atomic E-state index is 12.7. The van der Waals surface area contributed by atoms with Gasteiger partial charge in [-0.3, -0.25) is 0 Å². The average molecular weight is 454 g/mol. The molecule has 1 aliphatic rings. The van der Waals surface area contributed by atoms with Crippen LogP contribution in [-0.2, 0) is 21.5 Å². The summed E-state index contributed by atoms with van der Waals surface area (Å²) >= 11 is 0. The molecule has 0 saturated carbocycles. The number of halogens is 3. The van der Waals surface area contributed by atoms with Crippen LogP contribution in [-0.4, -0.2) is 42.9 Å². The van der Waals surface area contributed by atoms with Crippen LogP contribution in [0.15, 0.2) is 52.6 Å². The largest absolute Gasteiger partial charge is 0.573 e. The molecule has 0 aliphatic carbocycles. The van der Waals surface area contributed by atoms with E-state index in [0.717, 1.165) is 29.8 Å². The average Bonchev–Trinajstić information content (AvgIpc) is 2.73. The van der Waals surface area contributed by atoms with Crippen molar-refractivity contribution < 1.29 is 31.2 Å². The third-order valence-corrected chi connectivity index (χ3v) is 6.27. The van der Waals surface area contributed by atoms with E-state index in [1.165, 1.54) is 10.5 Å². The smallest absolute Gasteiger partial charge is 0.406 e. The lowest BCUT2D eigenvalue weighted by molar-refractivity contribution is -0.274. The molecule has 1 aromatic heterocycles. The number of hydrogen-bond donors (Lipinski definition) is 0. The summed E-state index contributed by atoms with van der Waals surface area (Å²) < 4.78 is 67.1. The van der Waals surface area contributed by atoms with Crippen molar-refractivity contribution in [2.45, 2.75) is 30.7 Å². The van der Waals surface area contributed by atoms with E-state index in [-0.39, 0.29) is 30.3 Å². The van der Waals surface area contributed by atoms with Crippen LogP contribution < -0.4 is 4.74 Å². The zero-order valence-electron chi connectivity index (χ0n) is 16.0. The maximum Gasteiger partial charge on any atom is 0.573 e. The lowest BCUT2D eigenvalue weighted by atomic mass is 10.1. The molecule has 0 bridgehead atoms. The van der Waals surface area contributed by atoms with Gasteiger partial charge in [-0.15, -0.1) is 13.2 Å². The van der Waals surface area contributed by atoms with Gasteiger partial charge in [0.05, 0.1) is 10.6 Å². The summed E-state index contributed by atoms with van der Waals surface area (Å²) in [6.07, 6.45) is -2.64. The lowest BCUT2D eigenvalue weighted by Crippen LogP contribution is -2.38. The van der Waals surface area contributed by atoms with Gasteiger partial charge in [0.25, 0.3) is 0 Å². The lowest BCUT2D eigenvalue weighted by Gasteiger charge is -2.26. The van der Waals surface area contributed by atoms with Gasteiger partial charge in [0.1, 0.15) is 24.1 Å². The van der Waals surface area contributed by atoms with E-state index in [9.17, 15) is 21.6 Å². The Morgan fingerprint density at radius 1 is 1.16 bits per heavy atom. The summed E-state index contributed by atoms with van der Waals surface area (Å²) in [5.74, 6) is -0.493. The van der Waals surface area contributed by atoms with E-state index in [0.29, 0.717) is 18.6 Å². The molecule has 12 heteroatoms. The topological polar surface area (TPSA) is 105 Å². The van der Waals surface area contributed by atoms with Crippen molar-refractivity contribution in [3.05, 3.63) is 53.9 Å². The van der Waals surface area contributed by atoms with E-state index in [1.54, 1.807) is 12.1 Å². The van der Waals surface area contributed by atoms with E-state index < -0.39 is 22.1 Å². The highest BCUT2D eigenvalue weighted by Crippen LogP contribution is 2.26. The summed E-state index contributed by atoms with van der Waals surface area (Å²) in [6.45, 7) is 0.480. The van der Waals surface area contributed by atoms with Crippen molar-refractivity contribution in [2.75, 3.05) is 13.1 Å². The molecule has 1 saturated heterocycles. The zero-order chi connectivity index (χ0) is 22.5. The maximum atomic E-state index is 12.7. The minimum Gasteiger partial charge on any atom is -0.406 e. The number of aromatic nitrogens is 1. The molecule has 1 fully saturated rings. The van der Waals surface area contributed by atoms with Gasteiger partial charge in [-0.05, 0) is 42.0 Å². The second-order valence-electron chi connectivity index (χ2n) is 6.52. The number of piperidine rings is 1. The third kappa shape index (κ3) is 6.16. The monoisotopic (exact) mass is 454 g/mol. The summed E-state index contributed by atoms with van der Waals surface area (Å²) in [7, 11) is -3.85. The SMILES string of the molecule is N#Cc1cc(CON=C2CCN(S(=O)(=O)c3ccc(OC(F)(F)F)cc3)CC2)ccn1. The molecular formula is C19H17F3N4O4S. The highest BCUT2D eigenvalue weighted by atomic mass is 32.2. The quantitative estimate of drug-likeness (QED) is 0.621. The van der Waals surface area contributed by atoms with Crippen LogP contribution in [0.25, 0.3) is 0 Å².